The maximum Gasteiger partial charge on any atom is 0.264 e. The lowest BCUT2D eigenvalue weighted by molar-refractivity contribution is -0.117. The van der Waals surface area contributed by atoms with Gasteiger partial charge in [0, 0.05) is 12.2 Å². The van der Waals surface area contributed by atoms with Gasteiger partial charge in [-0.1, -0.05) is 49.0 Å². The smallest absolute Gasteiger partial charge is 0.264 e. The Morgan fingerprint density at radius 3 is 2.42 bits per heavy atom. The van der Waals surface area contributed by atoms with Gasteiger partial charge in [0.05, 0.1) is 11.9 Å². The molecule has 1 unspecified atom stereocenters. The maximum absolute atomic E-state index is 13.5. The van der Waals surface area contributed by atoms with E-state index in [1.165, 1.54) is 28.3 Å². The fourth-order valence-electron chi connectivity index (χ4n) is 3.46. The van der Waals surface area contributed by atoms with E-state index in [4.69, 9.17) is 4.74 Å². The van der Waals surface area contributed by atoms with E-state index in [2.05, 4.69) is 31.0 Å². The number of rotatable bonds is 9. The fraction of sp³-hybridized carbons (Fsp3) is 0.269. The largest absolute Gasteiger partial charge is 0.494 e. The Morgan fingerprint density at radius 2 is 1.85 bits per heavy atom. The van der Waals surface area contributed by atoms with Gasteiger partial charge in [0.1, 0.15) is 22.4 Å². The molecule has 0 saturated carbocycles. The summed E-state index contributed by atoms with van der Waals surface area (Å²) >= 11 is 1.25. The molecule has 1 saturated heterocycles. The molecule has 7 heteroatoms. The highest BCUT2D eigenvalue weighted by Crippen LogP contribution is 2.42. The van der Waals surface area contributed by atoms with Crippen LogP contribution in [0.3, 0.4) is 0 Å². The topological polar surface area (TPSA) is 82.4 Å². The van der Waals surface area contributed by atoms with Gasteiger partial charge in [-0.3, -0.25) is 14.5 Å². The molecule has 0 bridgehead atoms. The number of anilines is 1. The third kappa shape index (κ3) is 5.65. The zero-order valence-corrected chi connectivity index (χ0v) is 19.7. The number of carbonyl (C=O) groups is 2. The summed E-state index contributed by atoms with van der Waals surface area (Å²) in [5.41, 5.74) is 2.75. The summed E-state index contributed by atoms with van der Waals surface area (Å²) in [4.78, 5) is 27.6. The number of carbonyl (C=O) groups excluding carboxylic acids is 2. The number of benzene rings is 2. The molecular formula is C26H27N3O3S. The first-order valence-electron chi connectivity index (χ1n) is 10.9. The summed E-state index contributed by atoms with van der Waals surface area (Å²) in [6, 6.07) is 17.2. The van der Waals surface area contributed by atoms with Crippen molar-refractivity contribution in [1.29, 1.82) is 5.26 Å². The van der Waals surface area contributed by atoms with E-state index in [0.29, 0.717) is 29.5 Å². The van der Waals surface area contributed by atoms with Crippen molar-refractivity contribution in [3.8, 4) is 11.8 Å². The highest BCUT2D eigenvalue weighted by Gasteiger charge is 2.40. The van der Waals surface area contributed by atoms with Gasteiger partial charge in [-0.25, -0.2) is 0 Å². The second-order valence-corrected chi connectivity index (χ2v) is 8.56. The second-order valence-electron chi connectivity index (χ2n) is 7.37. The quantitative estimate of drug-likeness (QED) is 0.341. The molecule has 1 N–H and O–H groups in total. The summed E-state index contributed by atoms with van der Waals surface area (Å²) in [6.45, 7) is 8.34. The summed E-state index contributed by atoms with van der Waals surface area (Å²) in [7, 11) is 0. The predicted octanol–water partition coefficient (Wildman–Crippen LogP) is 4.38. The lowest BCUT2D eigenvalue weighted by Crippen LogP contribution is -2.32. The van der Waals surface area contributed by atoms with Crippen LogP contribution in [-0.4, -0.2) is 30.2 Å². The van der Waals surface area contributed by atoms with Gasteiger partial charge >= 0.3 is 0 Å². The minimum atomic E-state index is -0.531. The Bertz CT molecular complexity index is 1090. The molecule has 33 heavy (non-hydrogen) atoms. The van der Waals surface area contributed by atoms with Gasteiger partial charge in [0.2, 0.25) is 5.91 Å². The summed E-state index contributed by atoms with van der Waals surface area (Å²) in [5, 5.41) is 12.3. The van der Waals surface area contributed by atoms with E-state index in [0.717, 1.165) is 12.0 Å². The lowest BCUT2D eigenvalue weighted by atomic mass is 10.1. The van der Waals surface area contributed by atoms with Crippen LogP contribution in [0.1, 0.15) is 25.0 Å². The molecule has 170 valence electrons. The zero-order valence-electron chi connectivity index (χ0n) is 18.8. The average molecular weight is 462 g/mol. The van der Waals surface area contributed by atoms with Gasteiger partial charge in [0.25, 0.3) is 5.91 Å². The van der Waals surface area contributed by atoms with Crippen molar-refractivity contribution in [2.24, 2.45) is 0 Å². The molecule has 3 rings (SSSR count). The van der Waals surface area contributed by atoms with Crippen LogP contribution in [0.2, 0.25) is 0 Å². The number of aryl methyl sites for hydroxylation is 1. The Hall–Kier alpha value is -3.50. The normalized spacial score (nSPS) is 16.8. The van der Waals surface area contributed by atoms with Gasteiger partial charge in [0.15, 0.2) is 0 Å². The number of hydrogen-bond acceptors (Lipinski definition) is 5. The molecule has 1 fully saturated rings. The average Bonchev–Trinajstić information content (AvgIpc) is 3.14. The third-order valence-corrected chi connectivity index (χ3v) is 6.43. The van der Waals surface area contributed by atoms with Crippen molar-refractivity contribution in [2.45, 2.75) is 31.9 Å². The summed E-state index contributed by atoms with van der Waals surface area (Å²) in [6.07, 6.45) is 2.98. The molecule has 1 atom stereocenters. The molecule has 2 aromatic rings. The molecule has 6 nitrogen and oxygen atoms in total. The highest BCUT2D eigenvalue weighted by molar-refractivity contribution is 8.05. The first-order chi connectivity index (χ1) is 16.0. The van der Waals surface area contributed by atoms with Crippen LogP contribution in [0.25, 0.3) is 0 Å². The predicted molar refractivity (Wildman–Crippen MR) is 132 cm³/mol. The SMILES string of the molecule is C=CCNC(=O)/C(C#N)=C1\SC(Cc2ccc(CC)cc2)C(=O)N1c1ccc(OCC)cc1. The van der Waals surface area contributed by atoms with Crippen molar-refractivity contribution in [2.75, 3.05) is 18.1 Å². The van der Waals surface area contributed by atoms with Crippen molar-refractivity contribution >= 4 is 29.3 Å². The van der Waals surface area contributed by atoms with E-state index in [1.807, 2.05) is 25.1 Å². The van der Waals surface area contributed by atoms with Gasteiger partial charge in [-0.15, -0.1) is 6.58 Å². The summed E-state index contributed by atoms with van der Waals surface area (Å²) in [5.74, 6) is -0.0116. The van der Waals surface area contributed by atoms with E-state index in [1.54, 1.807) is 24.3 Å². The zero-order chi connectivity index (χ0) is 23.8. The van der Waals surface area contributed by atoms with Crippen LogP contribution < -0.4 is 15.0 Å². The number of nitriles is 1. The first kappa shape index (κ1) is 24.1. The van der Waals surface area contributed by atoms with Crippen LogP contribution >= 0.6 is 11.8 Å². The Morgan fingerprint density at radius 1 is 1.18 bits per heavy atom. The van der Waals surface area contributed by atoms with Crippen LogP contribution in [0.15, 0.2) is 71.8 Å². The standard InChI is InChI=1S/C26H27N3O3S/c1-4-15-28-24(30)22(17-27)26-29(20-11-13-21(14-12-20)32-6-3)25(31)23(33-26)16-19-9-7-18(5-2)8-10-19/h4,7-14,23H,1,5-6,15-16H2,2-3H3,(H,28,30)/b26-22-. The van der Waals surface area contributed by atoms with Gasteiger partial charge < -0.3 is 10.1 Å². The molecule has 1 aliphatic rings. The van der Waals surface area contributed by atoms with Crippen LogP contribution in [0.4, 0.5) is 5.69 Å². The molecule has 2 amide bonds. The van der Waals surface area contributed by atoms with Gasteiger partial charge in [-0.05, 0) is 55.2 Å². The Labute approximate surface area is 198 Å². The molecule has 0 aliphatic carbocycles. The monoisotopic (exact) mass is 461 g/mol. The number of hydrogen-bond donors (Lipinski definition) is 1. The fourth-order valence-corrected chi connectivity index (χ4v) is 4.77. The molecule has 1 heterocycles. The first-order valence-corrected chi connectivity index (χ1v) is 11.7. The van der Waals surface area contributed by atoms with Crippen molar-refractivity contribution in [1.82, 2.24) is 5.32 Å². The minimum Gasteiger partial charge on any atom is -0.494 e. The molecule has 0 spiro atoms. The van der Waals surface area contributed by atoms with Crippen molar-refractivity contribution < 1.29 is 14.3 Å². The summed E-state index contributed by atoms with van der Waals surface area (Å²) < 4.78 is 5.50. The van der Waals surface area contributed by atoms with E-state index >= 15 is 0 Å². The number of thioether (sulfide) groups is 1. The number of amides is 2. The van der Waals surface area contributed by atoms with E-state index < -0.39 is 11.2 Å². The van der Waals surface area contributed by atoms with Crippen molar-refractivity contribution in [3.05, 3.63) is 82.9 Å². The third-order valence-electron chi connectivity index (χ3n) is 5.17. The molecule has 0 aromatic heterocycles. The number of nitrogens with zero attached hydrogens (tertiary/aromatic N) is 2. The molecular weight excluding hydrogens is 434 g/mol. The Kier molecular flexibility index (Phi) is 8.34. The van der Waals surface area contributed by atoms with E-state index in [-0.39, 0.29) is 18.0 Å². The van der Waals surface area contributed by atoms with Crippen molar-refractivity contribution in [3.63, 3.8) is 0 Å². The van der Waals surface area contributed by atoms with Gasteiger partial charge in [-0.2, -0.15) is 5.26 Å². The maximum atomic E-state index is 13.5. The minimum absolute atomic E-state index is 0.0899. The second kappa shape index (κ2) is 11.4. The highest BCUT2D eigenvalue weighted by atomic mass is 32.2. The molecule has 1 aliphatic heterocycles. The van der Waals surface area contributed by atoms with E-state index in [9.17, 15) is 14.9 Å². The van der Waals surface area contributed by atoms with Crippen LogP contribution in [0, 0.1) is 11.3 Å². The van der Waals surface area contributed by atoms with Crippen LogP contribution in [0.5, 0.6) is 5.75 Å². The lowest BCUT2D eigenvalue weighted by Gasteiger charge is -2.19. The number of ether oxygens (including phenoxy) is 1. The number of nitrogens with one attached hydrogen (secondary N) is 1. The molecule has 0 radical (unpaired) electrons. The van der Waals surface area contributed by atoms with Crippen LogP contribution in [-0.2, 0) is 22.4 Å². The molecule has 2 aromatic carbocycles. The Balaban J connectivity index is 1.98.